The Hall–Kier alpha value is -1.81. The molecule has 1 heterocycles. The number of carbonyl (C=O) groups excluding carboxylic acids is 1. The van der Waals surface area contributed by atoms with Crippen LogP contribution in [-0.2, 0) is 11.3 Å². The SMILES string of the molecule is CCCCCC(=O)N(Cc1cccs1)c1ccc(OC)cc1. The van der Waals surface area contributed by atoms with Crippen molar-refractivity contribution in [1.29, 1.82) is 0 Å². The second kappa shape index (κ2) is 8.59. The van der Waals surface area contributed by atoms with Gasteiger partial charge in [-0.25, -0.2) is 0 Å². The van der Waals surface area contributed by atoms with E-state index >= 15 is 0 Å². The molecule has 0 spiro atoms. The molecule has 0 fully saturated rings. The number of methoxy groups -OCH3 is 1. The highest BCUT2D eigenvalue weighted by atomic mass is 32.1. The molecule has 3 nitrogen and oxygen atoms in total. The van der Waals surface area contributed by atoms with Crippen LogP contribution in [0, 0.1) is 0 Å². The summed E-state index contributed by atoms with van der Waals surface area (Å²) in [4.78, 5) is 15.7. The molecule has 0 N–H and O–H groups in total. The Morgan fingerprint density at radius 2 is 1.95 bits per heavy atom. The fraction of sp³-hybridized carbons (Fsp3) is 0.389. The molecule has 1 aromatic carbocycles. The summed E-state index contributed by atoms with van der Waals surface area (Å²) in [7, 11) is 1.65. The van der Waals surface area contributed by atoms with E-state index in [1.807, 2.05) is 40.6 Å². The van der Waals surface area contributed by atoms with Crippen molar-refractivity contribution >= 4 is 22.9 Å². The molecule has 0 saturated carbocycles. The molecule has 0 radical (unpaired) electrons. The first-order valence-electron chi connectivity index (χ1n) is 7.71. The van der Waals surface area contributed by atoms with Crippen LogP contribution in [0.1, 0.15) is 37.5 Å². The average molecular weight is 317 g/mol. The minimum atomic E-state index is 0.187. The lowest BCUT2D eigenvalue weighted by Gasteiger charge is -2.22. The van der Waals surface area contributed by atoms with Crippen LogP contribution >= 0.6 is 11.3 Å². The van der Waals surface area contributed by atoms with Crippen LogP contribution in [0.15, 0.2) is 41.8 Å². The summed E-state index contributed by atoms with van der Waals surface area (Å²) in [5.74, 6) is 0.991. The summed E-state index contributed by atoms with van der Waals surface area (Å²) in [6.45, 7) is 2.78. The molecular formula is C18H23NO2S. The number of unbranched alkanes of at least 4 members (excludes halogenated alkanes) is 2. The van der Waals surface area contributed by atoms with Gasteiger partial charge in [0, 0.05) is 17.0 Å². The average Bonchev–Trinajstić information content (AvgIpc) is 3.06. The third-order valence-electron chi connectivity index (χ3n) is 3.57. The smallest absolute Gasteiger partial charge is 0.227 e. The lowest BCUT2D eigenvalue weighted by atomic mass is 10.1. The number of amides is 1. The van der Waals surface area contributed by atoms with E-state index in [1.165, 1.54) is 4.88 Å². The topological polar surface area (TPSA) is 29.5 Å². The molecule has 1 aromatic heterocycles. The van der Waals surface area contributed by atoms with Gasteiger partial charge in [0.25, 0.3) is 0 Å². The van der Waals surface area contributed by atoms with Crippen molar-refractivity contribution in [3.05, 3.63) is 46.7 Å². The zero-order chi connectivity index (χ0) is 15.8. The third kappa shape index (κ3) is 4.60. The lowest BCUT2D eigenvalue weighted by molar-refractivity contribution is -0.118. The number of carbonyl (C=O) groups is 1. The van der Waals surface area contributed by atoms with Gasteiger partial charge in [-0.1, -0.05) is 25.8 Å². The molecule has 0 saturated heterocycles. The van der Waals surface area contributed by atoms with E-state index in [9.17, 15) is 4.79 Å². The Balaban J connectivity index is 2.14. The molecule has 0 aliphatic carbocycles. The summed E-state index contributed by atoms with van der Waals surface area (Å²) in [6, 6.07) is 11.8. The van der Waals surface area contributed by atoms with Gasteiger partial charge in [-0.05, 0) is 42.1 Å². The highest BCUT2D eigenvalue weighted by molar-refractivity contribution is 7.09. The van der Waals surface area contributed by atoms with E-state index in [4.69, 9.17) is 4.74 Å². The van der Waals surface area contributed by atoms with Crippen molar-refractivity contribution < 1.29 is 9.53 Å². The molecule has 0 unspecified atom stereocenters. The molecule has 1 amide bonds. The number of ether oxygens (including phenoxy) is 1. The van der Waals surface area contributed by atoms with E-state index in [1.54, 1.807) is 18.4 Å². The molecule has 0 aliphatic rings. The van der Waals surface area contributed by atoms with Crippen molar-refractivity contribution in [2.45, 2.75) is 39.2 Å². The fourth-order valence-electron chi connectivity index (χ4n) is 2.31. The molecule has 2 rings (SSSR count). The first kappa shape index (κ1) is 16.6. The Morgan fingerprint density at radius 3 is 2.55 bits per heavy atom. The second-order valence-corrected chi connectivity index (χ2v) is 6.25. The summed E-state index contributed by atoms with van der Waals surface area (Å²) >= 11 is 1.68. The van der Waals surface area contributed by atoms with Gasteiger partial charge in [-0.15, -0.1) is 11.3 Å². The van der Waals surface area contributed by atoms with Crippen molar-refractivity contribution in [3.8, 4) is 5.75 Å². The van der Waals surface area contributed by atoms with Crippen LogP contribution in [-0.4, -0.2) is 13.0 Å². The summed E-state index contributed by atoms with van der Waals surface area (Å²) in [5, 5.41) is 2.04. The van der Waals surface area contributed by atoms with Crippen LogP contribution < -0.4 is 9.64 Å². The summed E-state index contributed by atoms with van der Waals surface area (Å²) in [5.41, 5.74) is 0.927. The molecular weight excluding hydrogens is 294 g/mol. The van der Waals surface area contributed by atoms with E-state index < -0.39 is 0 Å². The van der Waals surface area contributed by atoms with Crippen molar-refractivity contribution in [2.24, 2.45) is 0 Å². The maximum Gasteiger partial charge on any atom is 0.227 e. The largest absolute Gasteiger partial charge is 0.497 e. The zero-order valence-corrected chi connectivity index (χ0v) is 14.1. The van der Waals surface area contributed by atoms with Crippen LogP contribution in [0.5, 0.6) is 5.75 Å². The van der Waals surface area contributed by atoms with Gasteiger partial charge in [0.1, 0.15) is 5.75 Å². The maximum atomic E-state index is 12.6. The highest BCUT2D eigenvalue weighted by Gasteiger charge is 2.16. The van der Waals surface area contributed by atoms with Crippen LogP contribution in [0.3, 0.4) is 0 Å². The van der Waals surface area contributed by atoms with Gasteiger partial charge < -0.3 is 9.64 Å². The summed E-state index contributed by atoms with van der Waals surface area (Å²) < 4.78 is 5.19. The van der Waals surface area contributed by atoms with Gasteiger partial charge in [0.2, 0.25) is 5.91 Å². The van der Waals surface area contributed by atoms with Gasteiger partial charge >= 0.3 is 0 Å². The minimum Gasteiger partial charge on any atom is -0.497 e. The molecule has 0 aliphatic heterocycles. The molecule has 0 bridgehead atoms. The number of hydrogen-bond donors (Lipinski definition) is 0. The quantitative estimate of drug-likeness (QED) is 0.650. The van der Waals surface area contributed by atoms with Crippen molar-refractivity contribution in [3.63, 3.8) is 0 Å². The predicted molar refractivity (Wildman–Crippen MR) is 92.6 cm³/mol. The first-order chi connectivity index (χ1) is 10.7. The number of nitrogens with zero attached hydrogens (tertiary/aromatic N) is 1. The number of thiophene rings is 1. The lowest BCUT2D eigenvalue weighted by Crippen LogP contribution is -2.29. The van der Waals surface area contributed by atoms with Gasteiger partial charge in [-0.2, -0.15) is 0 Å². The zero-order valence-electron chi connectivity index (χ0n) is 13.2. The van der Waals surface area contributed by atoms with E-state index in [2.05, 4.69) is 13.0 Å². The Bertz CT molecular complexity index is 563. The van der Waals surface area contributed by atoms with Gasteiger partial charge in [0.05, 0.1) is 13.7 Å². The fourth-order valence-corrected chi connectivity index (χ4v) is 3.00. The van der Waals surface area contributed by atoms with E-state index in [-0.39, 0.29) is 5.91 Å². The summed E-state index contributed by atoms with van der Waals surface area (Å²) in [6.07, 6.45) is 3.78. The van der Waals surface area contributed by atoms with Crippen molar-refractivity contribution in [1.82, 2.24) is 0 Å². The first-order valence-corrected chi connectivity index (χ1v) is 8.59. The van der Waals surface area contributed by atoms with Crippen LogP contribution in [0.2, 0.25) is 0 Å². The Labute approximate surface area is 136 Å². The second-order valence-electron chi connectivity index (χ2n) is 5.21. The van der Waals surface area contributed by atoms with Crippen molar-refractivity contribution in [2.75, 3.05) is 12.0 Å². The molecule has 2 aromatic rings. The van der Waals surface area contributed by atoms with E-state index in [0.29, 0.717) is 13.0 Å². The van der Waals surface area contributed by atoms with E-state index in [0.717, 1.165) is 30.7 Å². The number of anilines is 1. The normalized spacial score (nSPS) is 10.5. The minimum absolute atomic E-state index is 0.187. The molecule has 22 heavy (non-hydrogen) atoms. The highest BCUT2D eigenvalue weighted by Crippen LogP contribution is 2.24. The van der Waals surface area contributed by atoms with Gasteiger partial charge in [0.15, 0.2) is 0 Å². The third-order valence-corrected chi connectivity index (χ3v) is 4.43. The van der Waals surface area contributed by atoms with Crippen LogP contribution in [0.4, 0.5) is 5.69 Å². The number of hydrogen-bond acceptors (Lipinski definition) is 3. The maximum absolute atomic E-state index is 12.6. The number of rotatable bonds is 8. The molecule has 0 atom stereocenters. The number of benzene rings is 1. The monoisotopic (exact) mass is 317 g/mol. The predicted octanol–water partition coefficient (Wildman–Crippen LogP) is 4.87. The Kier molecular flexibility index (Phi) is 6.46. The van der Waals surface area contributed by atoms with Crippen LogP contribution in [0.25, 0.3) is 0 Å². The Morgan fingerprint density at radius 1 is 1.18 bits per heavy atom. The van der Waals surface area contributed by atoms with Gasteiger partial charge in [-0.3, -0.25) is 4.79 Å². The molecule has 118 valence electrons. The molecule has 4 heteroatoms. The standard InChI is InChI=1S/C18H23NO2S/c1-3-4-5-8-18(20)19(14-17-7-6-13-22-17)15-9-11-16(21-2)12-10-15/h6-7,9-13H,3-5,8,14H2,1-2H3.